The molecule has 0 atom stereocenters. The van der Waals surface area contributed by atoms with E-state index in [-0.39, 0.29) is 0 Å². The molecule has 25 heavy (non-hydrogen) atoms. The number of nitrogens with zero attached hydrogens (tertiary/aromatic N) is 5. The number of hydrogen-bond acceptors (Lipinski definition) is 5. The fourth-order valence-electron chi connectivity index (χ4n) is 3.66. The van der Waals surface area contributed by atoms with Crippen LogP contribution < -0.4 is 10.6 Å². The van der Waals surface area contributed by atoms with Crippen molar-refractivity contribution in [3.05, 3.63) is 59.4 Å². The zero-order valence-corrected chi connectivity index (χ0v) is 14.0. The quantitative estimate of drug-likeness (QED) is 0.543. The Labute approximate surface area is 144 Å². The first kappa shape index (κ1) is 14.2. The highest BCUT2D eigenvalue weighted by molar-refractivity contribution is 6.00. The highest BCUT2D eigenvalue weighted by Crippen LogP contribution is 2.31. The van der Waals surface area contributed by atoms with E-state index in [1.165, 1.54) is 11.1 Å². The average Bonchev–Trinajstić information content (AvgIpc) is 3.01. The van der Waals surface area contributed by atoms with Gasteiger partial charge in [0.2, 0.25) is 0 Å². The second kappa shape index (κ2) is 5.17. The molecule has 6 nitrogen and oxygen atoms in total. The van der Waals surface area contributed by atoms with Gasteiger partial charge in [-0.05, 0) is 36.6 Å². The van der Waals surface area contributed by atoms with Crippen LogP contribution >= 0.6 is 0 Å². The Morgan fingerprint density at radius 3 is 2.72 bits per heavy atom. The summed E-state index contributed by atoms with van der Waals surface area (Å²) in [6.07, 6.45) is 0.991. The van der Waals surface area contributed by atoms with Gasteiger partial charge in [0, 0.05) is 29.5 Å². The van der Waals surface area contributed by atoms with E-state index in [2.05, 4.69) is 39.4 Å². The van der Waals surface area contributed by atoms with E-state index in [1.54, 1.807) is 0 Å². The molecule has 0 saturated carbocycles. The molecule has 2 aromatic heterocycles. The number of aromatic nitrogens is 4. The highest BCUT2D eigenvalue weighted by atomic mass is 15.4. The number of anilines is 2. The Balaban J connectivity index is 1.70. The first-order chi connectivity index (χ1) is 12.2. The molecule has 0 amide bonds. The van der Waals surface area contributed by atoms with Gasteiger partial charge in [-0.3, -0.25) is 0 Å². The lowest BCUT2D eigenvalue weighted by molar-refractivity contribution is 0.709. The third kappa shape index (κ3) is 2.14. The van der Waals surface area contributed by atoms with Crippen molar-refractivity contribution < 1.29 is 0 Å². The zero-order chi connectivity index (χ0) is 17.0. The summed E-state index contributed by atoms with van der Waals surface area (Å²) in [5, 5.41) is 15.5. The Morgan fingerprint density at radius 2 is 1.84 bits per heavy atom. The summed E-state index contributed by atoms with van der Waals surface area (Å²) in [6, 6.07) is 14.5. The number of aryl methyl sites for hydroxylation is 1. The second-order valence-electron chi connectivity index (χ2n) is 6.55. The lowest BCUT2D eigenvalue weighted by atomic mass is 9.99. The van der Waals surface area contributed by atoms with E-state index in [4.69, 9.17) is 10.8 Å². The van der Waals surface area contributed by atoms with Crippen LogP contribution in [0.3, 0.4) is 0 Å². The van der Waals surface area contributed by atoms with Crippen LogP contribution in [-0.4, -0.2) is 26.4 Å². The van der Waals surface area contributed by atoms with Gasteiger partial charge in [0.1, 0.15) is 0 Å². The predicted molar refractivity (Wildman–Crippen MR) is 98.6 cm³/mol. The maximum Gasteiger partial charge on any atom is 0.185 e. The van der Waals surface area contributed by atoms with Gasteiger partial charge >= 0.3 is 0 Å². The molecule has 1 aliphatic rings. The Bertz CT molecular complexity index is 1110. The van der Waals surface area contributed by atoms with Crippen LogP contribution in [0.2, 0.25) is 0 Å². The van der Waals surface area contributed by atoms with Crippen molar-refractivity contribution in [2.45, 2.75) is 19.9 Å². The number of nitrogens with two attached hydrogens (primary N) is 1. The molecule has 0 fully saturated rings. The molecule has 0 aliphatic carbocycles. The molecule has 6 heteroatoms. The molecule has 1 aliphatic heterocycles. The van der Waals surface area contributed by atoms with E-state index >= 15 is 0 Å². The molecule has 0 spiro atoms. The smallest absolute Gasteiger partial charge is 0.185 e. The maximum atomic E-state index is 5.98. The lowest BCUT2D eigenvalue weighted by Crippen LogP contribution is -2.31. The SMILES string of the molecule is Cc1nnc2c3ccccc3c(N3CCc4ccc(N)cc4C3)nn12. The van der Waals surface area contributed by atoms with Crippen molar-refractivity contribution >= 4 is 27.9 Å². The Kier molecular flexibility index (Phi) is 2.94. The molecule has 0 bridgehead atoms. The van der Waals surface area contributed by atoms with Crippen molar-refractivity contribution in [2.75, 3.05) is 17.2 Å². The van der Waals surface area contributed by atoms with Crippen molar-refractivity contribution in [3.8, 4) is 0 Å². The molecule has 2 N–H and O–H groups in total. The molecule has 2 aromatic carbocycles. The topological polar surface area (TPSA) is 72.3 Å². The van der Waals surface area contributed by atoms with Crippen LogP contribution in [0, 0.1) is 6.92 Å². The van der Waals surface area contributed by atoms with E-state index in [9.17, 15) is 0 Å². The average molecular weight is 330 g/mol. The molecular formula is C19H18N6. The van der Waals surface area contributed by atoms with Crippen LogP contribution in [0.4, 0.5) is 11.5 Å². The maximum absolute atomic E-state index is 5.98. The first-order valence-electron chi connectivity index (χ1n) is 8.44. The van der Waals surface area contributed by atoms with Crippen LogP contribution in [0.5, 0.6) is 0 Å². The van der Waals surface area contributed by atoms with Gasteiger partial charge in [-0.25, -0.2) is 0 Å². The van der Waals surface area contributed by atoms with E-state index in [0.29, 0.717) is 0 Å². The number of fused-ring (bicyclic) bond motifs is 4. The van der Waals surface area contributed by atoms with Crippen LogP contribution in [0.1, 0.15) is 17.0 Å². The molecule has 5 rings (SSSR count). The summed E-state index contributed by atoms with van der Waals surface area (Å²) < 4.78 is 1.84. The summed E-state index contributed by atoms with van der Waals surface area (Å²) >= 11 is 0. The van der Waals surface area contributed by atoms with E-state index in [0.717, 1.165) is 53.3 Å². The molecule has 4 aromatic rings. The minimum absolute atomic E-state index is 0.795. The third-order valence-corrected chi connectivity index (χ3v) is 4.94. The van der Waals surface area contributed by atoms with Gasteiger partial charge in [0.05, 0.1) is 0 Å². The molecule has 0 radical (unpaired) electrons. The Morgan fingerprint density at radius 1 is 1.00 bits per heavy atom. The van der Waals surface area contributed by atoms with Crippen molar-refractivity contribution in [3.63, 3.8) is 0 Å². The fourth-order valence-corrected chi connectivity index (χ4v) is 3.66. The molecular weight excluding hydrogens is 312 g/mol. The van der Waals surface area contributed by atoms with Crippen molar-refractivity contribution in [1.29, 1.82) is 0 Å². The molecule has 3 heterocycles. The number of hydrogen-bond donors (Lipinski definition) is 1. The Hall–Kier alpha value is -3.15. The predicted octanol–water partition coefficient (Wildman–Crippen LogP) is 2.73. The highest BCUT2D eigenvalue weighted by Gasteiger charge is 2.21. The van der Waals surface area contributed by atoms with Crippen LogP contribution in [0.15, 0.2) is 42.5 Å². The summed E-state index contributed by atoms with van der Waals surface area (Å²) in [4.78, 5) is 2.32. The standard InChI is InChI=1S/C19H18N6/c1-12-21-22-18-16-4-2-3-5-17(16)19(23-25(12)18)24-9-8-13-6-7-15(20)10-14(13)11-24/h2-7,10H,8-9,11,20H2,1H3. The van der Waals surface area contributed by atoms with Gasteiger partial charge in [-0.2, -0.15) is 4.52 Å². The van der Waals surface area contributed by atoms with Gasteiger partial charge in [-0.1, -0.05) is 30.3 Å². The summed E-state index contributed by atoms with van der Waals surface area (Å²) in [7, 11) is 0. The van der Waals surface area contributed by atoms with E-state index < -0.39 is 0 Å². The normalized spacial score (nSPS) is 14.2. The van der Waals surface area contributed by atoms with Gasteiger partial charge in [-0.15, -0.1) is 15.3 Å². The van der Waals surface area contributed by atoms with Crippen LogP contribution in [-0.2, 0) is 13.0 Å². The van der Waals surface area contributed by atoms with Crippen molar-refractivity contribution in [2.24, 2.45) is 0 Å². The minimum Gasteiger partial charge on any atom is -0.399 e. The summed E-state index contributed by atoms with van der Waals surface area (Å²) in [5.74, 6) is 1.77. The van der Waals surface area contributed by atoms with Crippen molar-refractivity contribution in [1.82, 2.24) is 19.8 Å². The van der Waals surface area contributed by atoms with Gasteiger partial charge in [0.15, 0.2) is 17.3 Å². The number of benzene rings is 2. The molecule has 0 saturated heterocycles. The molecule has 124 valence electrons. The lowest BCUT2D eigenvalue weighted by Gasteiger charge is -2.30. The summed E-state index contributed by atoms with van der Waals surface area (Å²) in [6.45, 7) is 3.67. The largest absolute Gasteiger partial charge is 0.399 e. The zero-order valence-electron chi connectivity index (χ0n) is 14.0. The van der Waals surface area contributed by atoms with Crippen LogP contribution in [0.25, 0.3) is 16.4 Å². The summed E-state index contributed by atoms with van der Waals surface area (Å²) in [5.41, 5.74) is 10.2. The molecule has 0 unspecified atom stereocenters. The number of nitrogen functional groups attached to an aromatic ring is 1. The van der Waals surface area contributed by atoms with E-state index in [1.807, 2.05) is 29.6 Å². The monoisotopic (exact) mass is 330 g/mol. The minimum atomic E-state index is 0.795. The van der Waals surface area contributed by atoms with Gasteiger partial charge < -0.3 is 10.6 Å². The first-order valence-corrected chi connectivity index (χ1v) is 8.44. The van der Waals surface area contributed by atoms with Gasteiger partial charge in [0.25, 0.3) is 0 Å². The fraction of sp³-hybridized carbons (Fsp3) is 0.211. The second-order valence-corrected chi connectivity index (χ2v) is 6.55. The number of rotatable bonds is 1. The third-order valence-electron chi connectivity index (χ3n) is 4.94.